The minimum absolute atomic E-state index is 0.0957. The van der Waals surface area contributed by atoms with E-state index in [1.807, 2.05) is 11.4 Å². The van der Waals surface area contributed by atoms with Gasteiger partial charge in [0.15, 0.2) is 10.9 Å². The van der Waals surface area contributed by atoms with Gasteiger partial charge in [0.2, 0.25) is 0 Å². The molecule has 0 aliphatic carbocycles. The van der Waals surface area contributed by atoms with Crippen LogP contribution in [-0.4, -0.2) is 27.0 Å². The first-order chi connectivity index (χ1) is 15.6. The van der Waals surface area contributed by atoms with Gasteiger partial charge in [0.1, 0.15) is 4.83 Å². The summed E-state index contributed by atoms with van der Waals surface area (Å²) in [6, 6.07) is 17.4. The molecule has 160 valence electrons. The summed E-state index contributed by atoms with van der Waals surface area (Å²) in [5.74, 6) is -0.173. The molecule has 4 rings (SSSR count). The maximum atomic E-state index is 12.7. The molecule has 2 heterocycles. The lowest BCUT2D eigenvalue weighted by Gasteiger charge is -2.10. The lowest BCUT2D eigenvalue weighted by Crippen LogP contribution is -2.22. The molecule has 0 aliphatic rings. The number of carbonyl (C=O) groups excluding carboxylic acids is 2. The molecule has 0 saturated carbocycles. The lowest BCUT2D eigenvalue weighted by molar-refractivity contribution is 0.101. The van der Waals surface area contributed by atoms with Gasteiger partial charge in [-0.3, -0.25) is 19.0 Å². The molecule has 8 heteroatoms. The van der Waals surface area contributed by atoms with Crippen LogP contribution in [0.15, 0.2) is 88.6 Å². The SMILES string of the molecule is C=CCn1c(SCC(=O)c2ccc(NC(=O)c3ccccc3)cc2)nc2sccc2c1=O. The molecule has 0 atom stereocenters. The third-order valence-electron chi connectivity index (χ3n) is 4.69. The molecular weight excluding hydrogens is 442 g/mol. The molecule has 0 aliphatic heterocycles. The Morgan fingerprint density at radius 3 is 2.53 bits per heavy atom. The number of rotatable bonds is 8. The summed E-state index contributed by atoms with van der Waals surface area (Å²) in [7, 11) is 0. The van der Waals surface area contributed by atoms with E-state index < -0.39 is 0 Å². The van der Waals surface area contributed by atoms with Gasteiger partial charge >= 0.3 is 0 Å². The number of anilines is 1. The number of fused-ring (bicyclic) bond motifs is 1. The number of thiophene rings is 1. The molecule has 4 aromatic rings. The normalized spacial score (nSPS) is 10.8. The summed E-state index contributed by atoms with van der Waals surface area (Å²) in [5.41, 5.74) is 1.55. The van der Waals surface area contributed by atoms with Crippen LogP contribution in [0.5, 0.6) is 0 Å². The van der Waals surface area contributed by atoms with Crippen LogP contribution in [0.3, 0.4) is 0 Å². The van der Waals surface area contributed by atoms with Crippen LogP contribution in [0.2, 0.25) is 0 Å². The van der Waals surface area contributed by atoms with Gasteiger partial charge in [-0.15, -0.1) is 17.9 Å². The van der Waals surface area contributed by atoms with Crippen molar-refractivity contribution in [1.29, 1.82) is 0 Å². The molecular formula is C24H19N3O3S2. The molecule has 2 aromatic heterocycles. The van der Waals surface area contributed by atoms with E-state index in [1.165, 1.54) is 27.7 Å². The molecule has 6 nitrogen and oxygen atoms in total. The van der Waals surface area contributed by atoms with Crippen molar-refractivity contribution in [1.82, 2.24) is 9.55 Å². The van der Waals surface area contributed by atoms with Crippen molar-refractivity contribution >= 4 is 50.7 Å². The fraction of sp³-hybridized carbons (Fsp3) is 0.0833. The van der Waals surface area contributed by atoms with Crippen LogP contribution in [0, 0.1) is 0 Å². The first-order valence-corrected chi connectivity index (χ1v) is 11.6. The summed E-state index contributed by atoms with van der Waals surface area (Å²) < 4.78 is 1.53. The number of thioether (sulfide) groups is 1. The summed E-state index contributed by atoms with van der Waals surface area (Å²) in [6.07, 6.45) is 1.63. The van der Waals surface area contributed by atoms with E-state index in [9.17, 15) is 14.4 Å². The Morgan fingerprint density at radius 1 is 1.06 bits per heavy atom. The minimum Gasteiger partial charge on any atom is -0.322 e. The number of Topliss-reactive ketones (excluding diaryl/α,β-unsaturated/α-hetero) is 1. The summed E-state index contributed by atoms with van der Waals surface area (Å²) in [6.45, 7) is 4.03. The number of aromatic nitrogens is 2. The molecule has 0 spiro atoms. The van der Waals surface area contributed by atoms with Crippen LogP contribution in [0.4, 0.5) is 5.69 Å². The number of carbonyl (C=O) groups is 2. The van der Waals surface area contributed by atoms with Crippen LogP contribution < -0.4 is 10.9 Å². The molecule has 0 radical (unpaired) electrons. The largest absolute Gasteiger partial charge is 0.322 e. The van der Waals surface area contributed by atoms with E-state index in [0.717, 1.165) is 0 Å². The van der Waals surface area contributed by atoms with Crippen molar-refractivity contribution in [3.05, 3.63) is 100 Å². The second-order valence-electron chi connectivity index (χ2n) is 6.85. The zero-order valence-electron chi connectivity index (χ0n) is 17.0. The maximum Gasteiger partial charge on any atom is 0.263 e. The number of nitrogens with zero attached hydrogens (tertiary/aromatic N) is 2. The van der Waals surface area contributed by atoms with E-state index in [2.05, 4.69) is 16.9 Å². The Kier molecular flexibility index (Phi) is 6.63. The first-order valence-electron chi connectivity index (χ1n) is 9.78. The average molecular weight is 462 g/mol. The van der Waals surface area contributed by atoms with Crippen molar-refractivity contribution in [3.63, 3.8) is 0 Å². The van der Waals surface area contributed by atoms with Gasteiger partial charge in [-0.25, -0.2) is 4.98 Å². The minimum atomic E-state index is -0.213. The zero-order valence-corrected chi connectivity index (χ0v) is 18.6. The van der Waals surface area contributed by atoms with E-state index >= 15 is 0 Å². The molecule has 32 heavy (non-hydrogen) atoms. The number of benzene rings is 2. The van der Waals surface area contributed by atoms with Gasteiger partial charge in [0, 0.05) is 23.4 Å². The van der Waals surface area contributed by atoms with Gasteiger partial charge in [0.05, 0.1) is 11.1 Å². The van der Waals surface area contributed by atoms with Gasteiger partial charge in [-0.2, -0.15) is 0 Å². The van der Waals surface area contributed by atoms with Gasteiger partial charge in [-0.1, -0.05) is 36.0 Å². The lowest BCUT2D eigenvalue weighted by atomic mass is 10.1. The maximum absolute atomic E-state index is 12.7. The van der Waals surface area contributed by atoms with Crippen molar-refractivity contribution in [2.45, 2.75) is 11.7 Å². The molecule has 1 N–H and O–H groups in total. The zero-order chi connectivity index (χ0) is 22.5. The van der Waals surface area contributed by atoms with Crippen LogP contribution in [0.1, 0.15) is 20.7 Å². The predicted octanol–water partition coefficient (Wildman–Crippen LogP) is 4.87. The molecule has 0 fully saturated rings. The Bertz CT molecular complexity index is 1340. The smallest absolute Gasteiger partial charge is 0.263 e. The average Bonchev–Trinajstić information content (AvgIpc) is 3.29. The van der Waals surface area contributed by atoms with Gasteiger partial charge in [0.25, 0.3) is 11.5 Å². The Labute approximate surface area is 192 Å². The van der Waals surface area contributed by atoms with Gasteiger partial charge < -0.3 is 5.32 Å². The summed E-state index contributed by atoms with van der Waals surface area (Å²) in [5, 5.41) is 5.70. The number of amides is 1. The highest BCUT2D eigenvalue weighted by atomic mass is 32.2. The number of hydrogen-bond donors (Lipinski definition) is 1. The van der Waals surface area contributed by atoms with Crippen molar-refractivity contribution in [3.8, 4) is 0 Å². The highest BCUT2D eigenvalue weighted by molar-refractivity contribution is 7.99. The Balaban J connectivity index is 1.44. The predicted molar refractivity (Wildman–Crippen MR) is 130 cm³/mol. The van der Waals surface area contributed by atoms with Crippen LogP contribution in [0.25, 0.3) is 10.2 Å². The standard InChI is InChI=1S/C24H19N3O3S2/c1-2-13-27-23(30)19-12-14-31-22(19)26-24(27)32-15-20(28)16-8-10-18(11-9-16)25-21(29)17-6-4-3-5-7-17/h2-12,14H,1,13,15H2,(H,25,29). The second kappa shape index (κ2) is 9.76. The fourth-order valence-corrected chi connectivity index (χ4v) is 4.78. The Hall–Kier alpha value is -3.49. The number of ketones is 1. The quantitative estimate of drug-likeness (QED) is 0.175. The molecule has 0 unspecified atom stereocenters. The van der Waals surface area contributed by atoms with E-state index in [4.69, 9.17) is 0 Å². The van der Waals surface area contributed by atoms with Gasteiger partial charge in [-0.05, 0) is 47.8 Å². The second-order valence-corrected chi connectivity index (χ2v) is 8.68. The third-order valence-corrected chi connectivity index (χ3v) is 6.48. The number of hydrogen-bond acceptors (Lipinski definition) is 6. The van der Waals surface area contributed by atoms with Crippen molar-refractivity contribution < 1.29 is 9.59 Å². The molecule has 2 aromatic carbocycles. The summed E-state index contributed by atoms with van der Waals surface area (Å²) >= 11 is 2.62. The Morgan fingerprint density at radius 2 is 1.81 bits per heavy atom. The fourth-order valence-electron chi connectivity index (χ4n) is 3.08. The van der Waals surface area contributed by atoms with E-state index in [-0.39, 0.29) is 23.0 Å². The molecule has 1 amide bonds. The topological polar surface area (TPSA) is 81.1 Å². The van der Waals surface area contributed by atoms with Crippen LogP contribution >= 0.6 is 23.1 Å². The number of allylic oxidation sites excluding steroid dienone is 1. The van der Waals surface area contributed by atoms with Crippen molar-refractivity contribution in [2.75, 3.05) is 11.1 Å². The third kappa shape index (κ3) is 4.71. The summed E-state index contributed by atoms with van der Waals surface area (Å²) in [4.78, 5) is 42.9. The monoisotopic (exact) mass is 461 g/mol. The van der Waals surface area contributed by atoms with Crippen molar-refractivity contribution in [2.24, 2.45) is 0 Å². The first kappa shape index (κ1) is 21.7. The molecule has 0 saturated heterocycles. The van der Waals surface area contributed by atoms with E-state index in [0.29, 0.717) is 38.7 Å². The van der Waals surface area contributed by atoms with Crippen LogP contribution in [-0.2, 0) is 6.54 Å². The molecule has 0 bridgehead atoms. The number of nitrogens with one attached hydrogen (secondary N) is 1. The highest BCUT2D eigenvalue weighted by Gasteiger charge is 2.14. The highest BCUT2D eigenvalue weighted by Crippen LogP contribution is 2.22. The van der Waals surface area contributed by atoms with E-state index in [1.54, 1.807) is 60.7 Å².